The Morgan fingerprint density at radius 2 is 2.18 bits per heavy atom. The second-order valence-electron chi connectivity index (χ2n) is 3.73. The maximum atomic E-state index is 9.11. The number of aromatic nitrogens is 1. The molecule has 0 saturated carbocycles. The van der Waals surface area contributed by atoms with Gasteiger partial charge in [0.25, 0.3) is 0 Å². The Hall–Kier alpha value is -1.24. The van der Waals surface area contributed by atoms with Gasteiger partial charge in [0.05, 0.1) is 11.3 Å². The molecule has 17 heavy (non-hydrogen) atoms. The molecule has 2 rings (SSSR count). The van der Waals surface area contributed by atoms with Crippen molar-refractivity contribution in [3.8, 4) is 17.3 Å². The maximum absolute atomic E-state index is 9.11. The zero-order valence-electron chi connectivity index (χ0n) is 9.24. The summed E-state index contributed by atoms with van der Waals surface area (Å²) < 4.78 is 1.83. The molecular weight excluding hydrogens is 300 g/mol. The molecule has 0 saturated heterocycles. The smallest absolute Gasteiger partial charge is 0.110 e. The highest BCUT2D eigenvalue weighted by molar-refractivity contribution is 9.08. The lowest BCUT2D eigenvalue weighted by molar-refractivity contribution is 0.936. The average Bonchev–Trinajstić information content (AvgIpc) is 2.65. The van der Waals surface area contributed by atoms with E-state index in [2.05, 4.69) is 28.1 Å². The molecule has 86 valence electrons. The minimum Gasteiger partial charge on any atom is -0.334 e. The Bertz CT molecular complexity index is 596. The van der Waals surface area contributed by atoms with Crippen LogP contribution in [0.2, 0.25) is 5.15 Å². The first-order chi connectivity index (χ1) is 8.17. The number of nitriles is 1. The van der Waals surface area contributed by atoms with Gasteiger partial charge in [0.15, 0.2) is 0 Å². The molecule has 0 amide bonds. The molecule has 0 fully saturated rings. The van der Waals surface area contributed by atoms with Gasteiger partial charge in [-0.25, -0.2) is 0 Å². The van der Waals surface area contributed by atoms with Crippen LogP contribution in [0.1, 0.15) is 11.1 Å². The fourth-order valence-corrected chi connectivity index (χ4v) is 2.35. The molecule has 0 aliphatic rings. The molecule has 0 radical (unpaired) electrons. The number of nitrogens with zero attached hydrogens (tertiary/aromatic N) is 2. The molecule has 1 heterocycles. The van der Waals surface area contributed by atoms with E-state index in [1.165, 1.54) is 5.56 Å². The van der Waals surface area contributed by atoms with E-state index in [0.29, 0.717) is 10.7 Å². The largest absolute Gasteiger partial charge is 0.334 e. The summed E-state index contributed by atoms with van der Waals surface area (Å²) in [7, 11) is 1.86. The van der Waals surface area contributed by atoms with Crippen LogP contribution in [-0.4, -0.2) is 4.57 Å². The zero-order chi connectivity index (χ0) is 12.4. The third-order valence-corrected chi connectivity index (χ3v) is 3.66. The summed E-state index contributed by atoms with van der Waals surface area (Å²) in [6.45, 7) is 0. The predicted molar refractivity (Wildman–Crippen MR) is 73.2 cm³/mol. The van der Waals surface area contributed by atoms with Crippen molar-refractivity contribution < 1.29 is 0 Å². The predicted octanol–water partition coefficient (Wildman–Crippen LogP) is 4.11. The maximum Gasteiger partial charge on any atom is 0.110 e. The van der Waals surface area contributed by atoms with Crippen molar-refractivity contribution in [1.82, 2.24) is 4.57 Å². The van der Waals surface area contributed by atoms with Gasteiger partial charge in [-0.3, -0.25) is 0 Å². The van der Waals surface area contributed by atoms with Crippen LogP contribution in [0.15, 0.2) is 30.3 Å². The summed E-state index contributed by atoms with van der Waals surface area (Å²) >= 11 is 9.47. The van der Waals surface area contributed by atoms with Crippen LogP contribution in [-0.2, 0) is 12.4 Å². The molecule has 2 aromatic rings. The Morgan fingerprint density at radius 1 is 1.41 bits per heavy atom. The van der Waals surface area contributed by atoms with Crippen molar-refractivity contribution in [2.24, 2.45) is 7.05 Å². The van der Waals surface area contributed by atoms with Crippen molar-refractivity contribution in [2.75, 3.05) is 0 Å². The highest BCUT2D eigenvalue weighted by Gasteiger charge is 2.13. The van der Waals surface area contributed by atoms with Crippen molar-refractivity contribution in [2.45, 2.75) is 5.33 Å². The summed E-state index contributed by atoms with van der Waals surface area (Å²) in [4.78, 5) is 0. The highest BCUT2D eigenvalue weighted by atomic mass is 79.9. The topological polar surface area (TPSA) is 28.7 Å². The quantitative estimate of drug-likeness (QED) is 0.767. The number of halogens is 2. The highest BCUT2D eigenvalue weighted by Crippen LogP contribution is 2.29. The van der Waals surface area contributed by atoms with Crippen LogP contribution >= 0.6 is 27.5 Å². The third kappa shape index (κ3) is 2.24. The molecule has 4 heteroatoms. The number of hydrogen-bond donors (Lipinski definition) is 0. The number of benzene rings is 1. The Kier molecular flexibility index (Phi) is 3.56. The van der Waals surface area contributed by atoms with E-state index in [-0.39, 0.29) is 0 Å². The van der Waals surface area contributed by atoms with E-state index in [9.17, 15) is 0 Å². The normalized spacial score (nSPS) is 10.2. The monoisotopic (exact) mass is 308 g/mol. The number of rotatable bonds is 2. The molecule has 0 spiro atoms. The molecule has 1 aromatic heterocycles. The molecular formula is C13H10BrClN2. The summed E-state index contributed by atoms with van der Waals surface area (Å²) in [5, 5.41) is 10.5. The van der Waals surface area contributed by atoms with Crippen LogP contribution in [0.3, 0.4) is 0 Å². The molecule has 1 aromatic carbocycles. The van der Waals surface area contributed by atoms with Gasteiger partial charge >= 0.3 is 0 Å². The summed E-state index contributed by atoms with van der Waals surface area (Å²) in [6, 6.07) is 11.9. The number of alkyl halides is 1. The van der Waals surface area contributed by atoms with E-state index in [1.807, 2.05) is 29.8 Å². The van der Waals surface area contributed by atoms with E-state index in [4.69, 9.17) is 16.9 Å². The van der Waals surface area contributed by atoms with E-state index in [0.717, 1.165) is 16.6 Å². The Morgan fingerprint density at radius 3 is 2.82 bits per heavy atom. The number of hydrogen-bond acceptors (Lipinski definition) is 1. The van der Waals surface area contributed by atoms with Gasteiger partial charge < -0.3 is 4.57 Å². The minimum atomic E-state index is 0.570. The first-order valence-electron chi connectivity index (χ1n) is 5.08. The van der Waals surface area contributed by atoms with Crippen molar-refractivity contribution in [3.63, 3.8) is 0 Å². The first-order valence-corrected chi connectivity index (χ1v) is 6.58. The van der Waals surface area contributed by atoms with Gasteiger partial charge in [-0.05, 0) is 23.3 Å². The molecule has 0 bridgehead atoms. The second-order valence-corrected chi connectivity index (χ2v) is 4.68. The SMILES string of the molecule is Cn1c(Cl)cc(C#N)c1-c1cccc(CBr)c1. The lowest BCUT2D eigenvalue weighted by atomic mass is 10.1. The summed E-state index contributed by atoms with van der Waals surface area (Å²) in [5.74, 6) is 0. The van der Waals surface area contributed by atoms with Gasteiger partial charge in [0, 0.05) is 12.4 Å². The summed E-state index contributed by atoms with van der Waals surface area (Å²) in [5.41, 5.74) is 3.64. The summed E-state index contributed by atoms with van der Waals surface area (Å²) in [6.07, 6.45) is 0. The second kappa shape index (κ2) is 4.95. The Labute approximate surface area is 114 Å². The van der Waals surface area contributed by atoms with Crippen LogP contribution in [0, 0.1) is 11.3 Å². The molecule has 0 N–H and O–H groups in total. The molecule has 0 unspecified atom stereocenters. The van der Waals surface area contributed by atoms with E-state index >= 15 is 0 Å². The third-order valence-electron chi connectivity index (χ3n) is 2.65. The Balaban J connectivity index is 2.64. The average molecular weight is 310 g/mol. The molecule has 0 aliphatic carbocycles. The fourth-order valence-electron chi connectivity index (χ4n) is 1.81. The van der Waals surface area contributed by atoms with E-state index < -0.39 is 0 Å². The first kappa shape index (κ1) is 12.2. The molecule has 2 nitrogen and oxygen atoms in total. The lowest BCUT2D eigenvalue weighted by Gasteiger charge is -2.06. The van der Waals surface area contributed by atoms with E-state index in [1.54, 1.807) is 6.07 Å². The van der Waals surface area contributed by atoms with Crippen LogP contribution in [0.5, 0.6) is 0 Å². The van der Waals surface area contributed by atoms with Crippen LogP contribution in [0.25, 0.3) is 11.3 Å². The minimum absolute atomic E-state index is 0.570. The zero-order valence-corrected chi connectivity index (χ0v) is 11.6. The van der Waals surface area contributed by atoms with Gasteiger partial charge in [-0.2, -0.15) is 5.26 Å². The van der Waals surface area contributed by atoms with Crippen molar-refractivity contribution in [1.29, 1.82) is 5.26 Å². The van der Waals surface area contributed by atoms with Gasteiger partial charge in [0.1, 0.15) is 11.2 Å². The van der Waals surface area contributed by atoms with Gasteiger partial charge in [0.2, 0.25) is 0 Å². The molecule has 0 atom stereocenters. The van der Waals surface area contributed by atoms with Crippen molar-refractivity contribution >= 4 is 27.5 Å². The standard InChI is InChI=1S/C13H10BrClN2/c1-17-12(15)6-11(8-16)13(17)10-4-2-3-9(5-10)7-14/h2-6H,7H2,1H3. The van der Waals surface area contributed by atoms with Gasteiger partial charge in [-0.15, -0.1) is 0 Å². The van der Waals surface area contributed by atoms with Crippen LogP contribution in [0.4, 0.5) is 0 Å². The van der Waals surface area contributed by atoms with Gasteiger partial charge in [-0.1, -0.05) is 45.7 Å². The molecule has 0 aliphatic heterocycles. The fraction of sp³-hybridized carbons (Fsp3) is 0.154. The van der Waals surface area contributed by atoms with Crippen LogP contribution < -0.4 is 0 Å². The van der Waals surface area contributed by atoms with Crippen molar-refractivity contribution in [3.05, 3.63) is 46.6 Å². The lowest BCUT2D eigenvalue weighted by Crippen LogP contribution is -1.93.